The number of halogens is 2. The lowest BCUT2D eigenvalue weighted by atomic mass is 10.00. The minimum atomic E-state index is -1.20. The molecule has 0 bridgehead atoms. The van der Waals surface area contributed by atoms with Crippen LogP contribution >= 0.6 is 23.2 Å². The van der Waals surface area contributed by atoms with Gasteiger partial charge in [-0.2, -0.15) is 0 Å². The number of hydrogen-bond donors (Lipinski definition) is 3. The van der Waals surface area contributed by atoms with E-state index >= 15 is 0 Å². The van der Waals surface area contributed by atoms with E-state index in [1.807, 2.05) is 30.3 Å². The number of nitrogens with zero attached hydrogens (tertiary/aromatic N) is 2. The van der Waals surface area contributed by atoms with E-state index in [-0.39, 0.29) is 15.6 Å². The van der Waals surface area contributed by atoms with Crippen LogP contribution < -0.4 is 10.2 Å². The van der Waals surface area contributed by atoms with E-state index in [4.69, 9.17) is 32.7 Å². The zero-order valence-electron chi connectivity index (χ0n) is 23.6. The minimum absolute atomic E-state index is 0.0240. The number of para-hydroxylation sites is 1. The summed E-state index contributed by atoms with van der Waals surface area (Å²) in [4.78, 5) is 33.6. The second kappa shape index (κ2) is 11.6. The molecule has 4 rings (SSSR count). The Morgan fingerprint density at radius 1 is 1.00 bits per heavy atom. The number of carbonyl (C=O) groups excluding carboxylic acids is 2. The maximum absolute atomic E-state index is 13.7. The van der Waals surface area contributed by atoms with Crippen LogP contribution in [-0.4, -0.2) is 43.2 Å². The highest BCUT2D eigenvalue weighted by molar-refractivity contribution is 6.38. The molecule has 2 aromatic carbocycles. The zero-order valence-corrected chi connectivity index (χ0v) is 25.1. The second-order valence-corrected chi connectivity index (χ2v) is 12.2. The van der Waals surface area contributed by atoms with E-state index in [0.29, 0.717) is 33.7 Å². The van der Waals surface area contributed by atoms with Gasteiger partial charge in [-0.3, -0.25) is 4.79 Å². The summed E-state index contributed by atoms with van der Waals surface area (Å²) in [6, 6.07) is 14.2. The largest absolute Gasteiger partial charge is 0.457 e. The number of H-pyrrole nitrogens is 1. The molecule has 1 unspecified atom stereocenters. The number of hydrogen-bond acceptors (Lipinski definition) is 6. The Balaban J connectivity index is 1.67. The van der Waals surface area contributed by atoms with Gasteiger partial charge < -0.3 is 19.6 Å². The third kappa shape index (κ3) is 6.93. The van der Waals surface area contributed by atoms with Crippen LogP contribution in [0.25, 0.3) is 11.0 Å². The van der Waals surface area contributed by atoms with Crippen LogP contribution in [0.1, 0.15) is 69.1 Å². The molecule has 0 aliphatic carbocycles. The number of benzene rings is 2. The molecule has 9 nitrogen and oxygen atoms in total. The van der Waals surface area contributed by atoms with Crippen molar-refractivity contribution in [2.45, 2.75) is 58.8 Å². The third-order valence-electron chi connectivity index (χ3n) is 5.91. The second-order valence-electron chi connectivity index (χ2n) is 11.4. The van der Waals surface area contributed by atoms with Crippen molar-refractivity contribution in [3.8, 4) is 11.5 Å². The first-order valence-electron chi connectivity index (χ1n) is 12.9. The van der Waals surface area contributed by atoms with Crippen molar-refractivity contribution in [1.29, 1.82) is 0 Å². The number of aliphatic hydroxyl groups excluding tert-OH is 1. The molecule has 216 valence electrons. The van der Waals surface area contributed by atoms with Gasteiger partial charge in [-0.15, -0.1) is 0 Å². The first-order valence-corrected chi connectivity index (χ1v) is 13.6. The molecule has 0 fully saturated rings. The Labute approximate surface area is 248 Å². The van der Waals surface area contributed by atoms with Gasteiger partial charge in [0.2, 0.25) is 0 Å². The number of amides is 2. The van der Waals surface area contributed by atoms with E-state index < -0.39 is 29.2 Å². The maximum atomic E-state index is 13.7. The predicted molar refractivity (Wildman–Crippen MR) is 158 cm³/mol. The minimum Gasteiger partial charge on any atom is -0.457 e. The van der Waals surface area contributed by atoms with Gasteiger partial charge in [-0.05, 0) is 65.8 Å². The van der Waals surface area contributed by atoms with Gasteiger partial charge in [-0.25, -0.2) is 20.2 Å². The van der Waals surface area contributed by atoms with Crippen molar-refractivity contribution in [2.75, 3.05) is 0 Å². The summed E-state index contributed by atoms with van der Waals surface area (Å²) in [6.07, 6.45) is 0.884. The average molecular weight is 600 g/mol. The van der Waals surface area contributed by atoms with Gasteiger partial charge in [0, 0.05) is 28.9 Å². The number of aromatic amines is 1. The summed E-state index contributed by atoms with van der Waals surface area (Å²) >= 11 is 13.3. The van der Waals surface area contributed by atoms with E-state index in [9.17, 15) is 14.7 Å². The van der Waals surface area contributed by atoms with Crippen molar-refractivity contribution in [3.05, 3.63) is 87.7 Å². The number of aliphatic hydroxyl groups is 1. The van der Waals surface area contributed by atoms with Gasteiger partial charge in [-0.1, -0.05) is 47.5 Å². The van der Waals surface area contributed by atoms with Crippen LogP contribution in [0.5, 0.6) is 11.5 Å². The highest BCUT2D eigenvalue weighted by Crippen LogP contribution is 2.38. The average Bonchev–Trinajstić information content (AvgIpc) is 3.31. The third-order valence-corrected chi connectivity index (χ3v) is 6.63. The molecule has 41 heavy (non-hydrogen) atoms. The fourth-order valence-corrected chi connectivity index (χ4v) is 4.67. The van der Waals surface area contributed by atoms with Crippen LogP contribution in [0.4, 0.5) is 4.79 Å². The fourth-order valence-electron chi connectivity index (χ4n) is 4.07. The Morgan fingerprint density at radius 2 is 1.68 bits per heavy atom. The fraction of sp³-hybridized carbons (Fsp3) is 0.300. The van der Waals surface area contributed by atoms with E-state index in [2.05, 4.69) is 15.4 Å². The van der Waals surface area contributed by atoms with Gasteiger partial charge in [0.1, 0.15) is 28.9 Å². The van der Waals surface area contributed by atoms with Crippen molar-refractivity contribution in [1.82, 2.24) is 20.4 Å². The predicted octanol–water partition coefficient (Wildman–Crippen LogP) is 7.42. The lowest BCUT2D eigenvalue weighted by molar-refractivity contribution is 0.0118. The highest BCUT2D eigenvalue weighted by atomic mass is 35.5. The molecule has 0 saturated carbocycles. The lowest BCUT2D eigenvalue weighted by Gasteiger charge is -2.36. The van der Waals surface area contributed by atoms with Crippen LogP contribution in [-0.2, 0) is 4.74 Å². The monoisotopic (exact) mass is 598 g/mol. The summed E-state index contributed by atoms with van der Waals surface area (Å²) in [6.45, 7) is 10.4. The molecule has 0 aliphatic rings. The number of nitrogens with one attached hydrogen (secondary N) is 2. The summed E-state index contributed by atoms with van der Waals surface area (Å²) in [5.74, 6) is 0.544. The Bertz CT molecular complexity index is 1580. The molecule has 0 spiro atoms. The number of rotatable bonds is 5. The molecular weight excluding hydrogens is 567 g/mol. The molecule has 2 amide bonds. The standard InChI is InChI=1S/C30H32Cl2N4O5/c1-29(2,3)36(35-28(39)41-30(4,5)6)27(38)21-16-34-26-23(24(21)32)20(15-33-26)25(37)19-13-12-18(14-22(19)31)40-17-10-8-7-9-11-17/h7-16,25,37H,1-6H3,(H,33,34)(H,35,39). The lowest BCUT2D eigenvalue weighted by Crippen LogP contribution is -2.56. The Morgan fingerprint density at radius 3 is 2.29 bits per heavy atom. The summed E-state index contributed by atoms with van der Waals surface area (Å²) in [5, 5.41) is 13.2. The van der Waals surface area contributed by atoms with Crippen LogP contribution in [0.2, 0.25) is 10.0 Å². The molecule has 0 saturated heterocycles. The SMILES string of the molecule is CC(C)(C)OC(=O)NN(C(=O)c1cnc2[nH]cc(C(O)c3ccc(Oc4ccccc4)cc3Cl)c2c1Cl)C(C)(C)C. The van der Waals surface area contributed by atoms with Crippen molar-refractivity contribution in [3.63, 3.8) is 0 Å². The molecule has 4 aromatic rings. The molecular formula is C30H32Cl2N4O5. The molecule has 3 N–H and O–H groups in total. The van der Waals surface area contributed by atoms with Gasteiger partial charge in [0.05, 0.1) is 21.1 Å². The zero-order chi connectivity index (χ0) is 30.1. The van der Waals surface area contributed by atoms with Gasteiger partial charge >= 0.3 is 6.09 Å². The number of aromatic nitrogens is 2. The van der Waals surface area contributed by atoms with Gasteiger partial charge in [0.25, 0.3) is 5.91 Å². The Hall–Kier alpha value is -3.79. The van der Waals surface area contributed by atoms with E-state index in [0.717, 1.165) is 5.01 Å². The normalized spacial score (nSPS) is 12.6. The molecule has 0 aliphatic heterocycles. The summed E-state index contributed by atoms with van der Waals surface area (Å²) in [7, 11) is 0. The number of fused-ring (bicyclic) bond motifs is 1. The van der Waals surface area contributed by atoms with Crippen molar-refractivity contribution >= 4 is 46.2 Å². The quantitative estimate of drug-likeness (QED) is 0.206. The van der Waals surface area contributed by atoms with Crippen LogP contribution in [0.15, 0.2) is 60.9 Å². The molecule has 2 heterocycles. The summed E-state index contributed by atoms with van der Waals surface area (Å²) < 4.78 is 11.2. The first-order chi connectivity index (χ1) is 19.2. The topological polar surface area (TPSA) is 117 Å². The van der Waals surface area contributed by atoms with Crippen molar-refractivity contribution < 1.29 is 24.2 Å². The van der Waals surface area contributed by atoms with E-state index in [1.54, 1.807) is 65.9 Å². The first kappa shape index (κ1) is 30.2. The molecule has 2 aromatic heterocycles. The van der Waals surface area contributed by atoms with Crippen LogP contribution in [0.3, 0.4) is 0 Å². The van der Waals surface area contributed by atoms with E-state index in [1.165, 1.54) is 6.20 Å². The summed E-state index contributed by atoms with van der Waals surface area (Å²) in [5.41, 5.74) is 2.08. The number of hydrazine groups is 1. The molecule has 0 radical (unpaired) electrons. The number of pyridine rings is 1. The Kier molecular flexibility index (Phi) is 8.54. The molecule has 1 atom stereocenters. The number of carbonyl (C=O) groups is 2. The van der Waals surface area contributed by atoms with Crippen LogP contribution in [0, 0.1) is 0 Å². The van der Waals surface area contributed by atoms with Crippen molar-refractivity contribution in [2.24, 2.45) is 0 Å². The highest BCUT2D eigenvalue weighted by Gasteiger charge is 2.33. The number of ether oxygens (including phenoxy) is 2. The van der Waals surface area contributed by atoms with Gasteiger partial charge in [0.15, 0.2) is 0 Å². The molecule has 11 heteroatoms. The maximum Gasteiger partial charge on any atom is 0.426 e. The smallest absolute Gasteiger partial charge is 0.426 e.